The van der Waals surface area contributed by atoms with Crippen LogP contribution >= 0.6 is 11.6 Å². The number of carbonyl (C=O) groups is 1. The molecular weight excluding hydrogens is 284 g/mol. The zero-order chi connectivity index (χ0) is 15.1. The van der Waals surface area contributed by atoms with Crippen LogP contribution in [0.25, 0.3) is 0 Å². The molecule has 0 aromatic heterocycles. The normalized spacial score (nSPS) is 11.9. The summed E-state index contributed by atoms with van der Waals surface area (Å²) in [6.07, 6.45) is 0. The van der Waals surface area contributed by atoms with Gasteiger partial charge >= 0.3 is 0 Å². The van der Waals surface area contributed by atoms with Crippen LogP contribution in [0.1, 0.15) is 28.9 Å². The molecule has 0 spiro atoms. The standard InChI is InChI=1S/C17H19ClN2O/c1-13(15-9-5-6-10-16(15)18)19-11-12-20-17(21)14-7-3-2-4-8-14/h2-10,13,19H,11-12H2,1H3,(H,20,21)/t13-/m0/s1. The molecule has 0 aliphatic carbocycles. The molecule has 0 aliphatic heterocycles. The van der Waals surface area contributed by atoms with Crippen molar-refractivity contribution in [1.29, 1.82) is 0 Å². The number of hydrogen-bond donors (Lipinski definition) is 2. The van der Waals surface area contributed by atoms with Gasteiger partial charge in [-0.2, -0.15) is 0 Å². The number of nitrogens with one attached hydrogen (secondary N) is 2. The van der Waals surface area contributed by atoms with Crippen LogP contribution in [0.15, 0.2) is 54.6 Å². The van der Waals surface area contributed by atoms with Crippen LogP contribution in [0.3, 0.4) is 0 Å². The van der Waals surface area contributed by atoms with Gasteiger partial charge in [-0.3, -0.25) is 4.79 Å². The molecule has 110 valence electrons. The Morgan fingerprint density at radius 1 is 1.05 bits per heavy atom. The molecule has 0 aliphatic rings. The van der Waals surface area contributed by atoms with E-state index < -0.39 is 0 Å². The topological polar surface area (TPSA) is 41.1 Å². The Kier molecular flexibility index (Phi) is 5.78. The van der Waals surface area contributed by atoms with Crippen molar-refractivity contribution in [3.8, 4) is 0 Å². The molecular formula is C17H19ClN2O. The van der Waals surface area contributed by atoms with E-state index in [1.165, 1.54) is 0 Å². The van der Waals surface area contributed by atoms with Gasteiger partial charge in [-0.05, 0) is 30.7 Å². The average molecular weight is 303 g/mol. The summed E-state index contributed by atoms with van der Waals surface area (Å²) in [5, 5.41) is 6.99. The van der Waals surface area contributed by atoms with Crippen LogP contribution in [0.4, 0.5) is 0 Å². The molecule has 0 bridgehead atoms. The highest BCUT2D eigenvalue weighted by atomic mass is 35.5. The third-order valence-electron chi connectivity index (χ3n) is 3.27. The largest absolute Gasteiger partial charge is 0.351 e. The van der Waals surface area contributed by atoms with Crippen LogP contribution in [-0.2, 0) is 0 Å². The molecule has 3 nitrogen and oxygen atoms in total. The molecule has 2 rings (SSSR count). The van der Waals surface area contributed by atoms with E-state index in [0.717, 1.165) is 10.6 Å². The van der Waals surface area contributed by atoms with Gasteiger partial charge < -0.3 is 10.6 Å². The lowest BCUT2D eigenvalue weighted by atomic mass is 10.1. The monoisotopic (exact) mass is 302 g/mol. The highest BCUT2D eigenvalue weighted by Crippen LogP contribution is 2.21. The first kappa shape index (κ1) is 15.5. The van der Waals surface area contributed by atoms with Gasteiger partial charge in [0, 0.05) is 29.7 Å². The average Bonchev–Trinajstić information content (AvgIpc) is 2.52. The van der Waals surface area contributed by atoms with Crippen LogP contribution < -0.4 is 10.6 Å². The summed E-state index contributed by atoms with van der Waals surface area (Å²) in [7, 11) is 0. The molecule has 2 aromatic rings. The quantitative estimate of drug-likeness (QED) is 0.803. The predicted octanol–water partition coefficient (Wildman–Crippen LogP) is 3.42. The fourth-order valence-corrected chi connectivity index (χ4v) is 2.39. The highest BCUT2D eigenvalue weighted by Gasteiger charge is 2.08. The molecule has 0 saturated carbocycles. The molecule has 2 aromatic carbocycles. The smallest absolute Gasteiger partial charge is 0.251 e. The molecule has 0 unspecified atom stereocenters. The second-order valence-electron chi connectivity index (χ2n) is 4.82. The number of rotatable bonds is 6. The Bertz CT molecular complexity index is 586. The Morgan fingerprint density at radius 3 is 2.43 bits per heavy atom. The van der Waals surface area contributed by atoms with Gasteiger partial charge in [0.05, 0.1) is 0 Å². The molecule has 4 heteroatoms. The van der Waals surface area contributed by atoms with Crippen LogP contribution in [0.5, 0.6) is 0 Å². The van der Waals surface area contributed by atoms with Crippen molar-refractivity contribution in [2.24, 2.45) is 0 Å². The van der Waals surface area contributed by atoms with Crippen molar-refractivity contribution >= 4 is 17.5 Å². The third kappa shape index (κ3) is 4.59. The van der Waals surface area contributed by atoms with Crippen molar-refractivity contribution in [2.75, 3.05) is 13.1 Å². The summed E-state index contributed by atoms with van der Waals surface area (Å²) in [6, 6.07) is 17.1. The lowest BCUT2D eigenvalue weighted by Crippen LogP contribution is -2.33. The minimum absolute atomic E-state index is 0.0530. The van der Waals surface area contributed by atoms with Gasteiger partial charge in [0.25, 0.3) is 5.91 Å². The van der Waals surface area contributed by atoms with Crippen molar-refractivity contribution in [3.63, 3.8) is 0 Å². The Balaban J connectivity index is 1.75. The first-order valence-corrected chi connectivity index (χ1v) is 7.37. The minimum Gasteiger partial charge on any atom is -0.351 e. The molecule has 0 heterocycles. The van der Waals surface area contributed by atoms with Crippen molar-refractivity contribution in [2.45, 2.75) is 13.0 Å². The molecule has 1 atom stereocenters. The SMILES string of the molecule is C[C@H](NCCNC(=O)c1ccccc1)c1ccccc1Cl. The summed E-state index contributed by atoms with van der Waals surface area (Å²) in [4.78, 5) is 11.9. The van der Waals surface area contributed by atoms with E-state index in [9.17, 15) is 4.79 Å². The molecule has 0 fully saturated rings. The second kappa shape index (κ2) is 7.81. The fourth-order valence-electron chi connectivity index (χ4n) is 2.09. The summed E-state index contributed by atoms with van der Waals surface area (Å²) in [5.41, 5.74) is 1.74. The molecule has 21 heavy (non-hydrogen) atoms. The first-order valence-electron chi connectivity index (χ1n) is 6.99. The highest BCUT2D eigenvalue weighted by molar-refractivity contribution is 6.31. The lowest BCUT2D eigenvalue weighted by Gasteiger charge is -2.15. The zero-order valence-corrected chi connectivity index (χ0v) is 12.7. The number of benzene rings is 2. The Morgan fingerprint density at radius 2 is 1.71 bits per heavy atom. The fraction of sp³-hybridized carbons (Fsp3) is 0.235. The van der Waals surface area contributed by atoms with Crippen molar-refractivity contribution < 1.29 is 4.79 Å². The van der Waals surface area contributed by atoms with E-state index >= 15 is 0 Å². The Hall–Kier alpha value is -1.84. The lowest BCUT2D eigenvalue weighted by molar-refractivity contribution is 0.0953. The maximum absolute atomic E-state index is 11.9. The van der Waals surface area contributed by atoms with Gasteiger partial charge in [0.15, 0.2) is 0 Å². The molecule has 2 N–H and O–H groups in total. The summed E-state index contributed by atoms with van der Waals surface area (Å²) >= 11 is 6.15. The van der Waals surface area contributed by atoms with E-state index in [1.54, 1.807) is 12.1 Å². The maximum Gasteiger partial charge on any atom is 0.251 e. The maximum atomic E-state index is 11.9. The second-order valence-corrected chi connectivity index (χ2v) is 5.23. The van der Waals surface area contributed by atoms with E-state index in [2.05, 4.69) is 17.6 Å². The van der Waals surface area contributed by atoms with E-state index in [0.29, 0.717) is 18.7 Å². The van der Waals surface area contributed by atoms with Crippen LogP contribution in [-0.4, -0.2) is 19.0 Å². The van der Waals surface area contributed by atoms with Crippen molar-refractivity contribution in [3.05, 3.63) is 70.7 Å². The van der Waals surface area contributed by atoms with Gasteiger partial charge in [0.1, 0.15) is 0 Å². The number of halogens is 1. The summed E-state index contributed by atoms with van der Waals surface area (Å²) in [6.45, 7) is 3.31. The molecule has 0 saturated heterocycles. The summed E-state index contributed by atoms with van der Waals surface area (Å²) < 4.78 is 0. The minimum atomic E-state index is -0.0530. The predicted molar refractivity (Wildman–Crippen MR) is 86.6 cm³/mol. The van der Waals surface area contributed by atoms with Gasteiger partial charge in [0.2, 0.25) is 0 Å². The van der Waals surface area contributed by atoms with Crippen molar-refractivity contribution in [1.82, 2.24) is 10.6 Å². The number of carbonyl (C=O) groups excluding carboxylic acids is 1. The third-order valence-corrected chi connectivity index (χ3v) is 3.61. The Labute approximate surface area is 130 Å². The zero-order valence-electron chi connectivity index (χ0n) is 12.0. The van der Waals surface area contributed by atoms with Gasteiger partial charge in [-0.1, -0.05) is 48.0 Å². The molecule has 0 radical (unpaired) electrons. The van der Waals surface area contributed by atoms with E-state index in [-0.39, 0.29) is 11.9 Å². The molecule has 1 amide bonds. The van der Waals surface area contributed by atoms with Gasteiger partial charge in [-0.25, -0.2) is 0 Å². The number of hydrogen-bond acceptors (Lipinski definition) is 2. The van der Waals surface area contributed by atoms with E-state index in [1.807, 2.05) is 42.5 Å². The van der Waals surface area contributed by atoms with Crippen LogP contribution in [0.2, 0.25) is 5.02 Å². The van der Waals surface area contributed by atoms with E-state index in [4.69, 9.17) is 11.6 Å². The number of amides is 1. The van der Waals surface area contributed by atoms with Crippen LogP contribution in [0, 0.1) is 0 Å². The summed E-state index contributed by atoms with van der Waals surface area (Å²) in [5.74, 6) is -0.0530. The first-order chi connectivity index (χ1) is 10.2. The van der Waals surface area contributed by atoms with Gasteiger partial charge in [-0.15, -0.1) is 0 Å².